The van der Waals surface area contributed by atoms with Crippen molar-refractivity contribution in [1.82, 2.24) is 0 Å². The molecule has 0 fully saturated rings. The number of benzene rings is 1. The molecule has 0 amide bonds. The Kier molecular flexibility index (Phi) is 7.53. The summed E-state index contributed by atoms with van der Waals surface area (Å²) in [5, 5.41) is 0. The van der Waals surface area contributed by atoms with E-state index in [2.05, 4.69) is 6.92 Å². The molecule has 0 bridgehead atoms. The van der Waals surface area contributed by atoms with Crippen molar-refractivity contribution in [2.75, 3.05) is 12.3 Å². The van der Waals surface area contributed by atoms with Gasteiger partial charge in [-0.15, -0.1) is 0 Å². The molecule has 0 atom stereocenters. The van der Waals surface area contributed by atoms with Crippen molar-refractivity contribution in [1.29, 1.82) is 0 Å². The number of hydrogen-bond acceptors (Lipinski definition) is 4. The summed E-state index contributed by atoms with van der Waals surface area (Å²) in [6.45, 7) is 2.73. The number of anilines is 1. The van der Waals surface area contributed by atoms with Gasteiger partial charge in [-0.05, 0) is 18.6 Å². The van der Waals surface area contributed by atoms with Crippen LogP contribution in [0.15, 0.2) is 23.1 Å². The first-order chi connectivity index (χ1) is 9.95. The summed E-state index contributed by atoms with van der Waals surface area (Å²) in [5.41, 5.74) is 5.53. The standard InChI is InChI=1S/C15H25NO4S/c1-2-3-4-5-6-7-8-11-20-13-9-10-14(16)15(12-13)21(17,18)19/h9-10,12H,2-8,11,16H2,1H3,(H,17,18,19). The van der Waals surface area contributed by atoms with E-state index in [1.807, 2.05) is 0 Å². The SMILES string of the molecule is CCCCCCCCCOc1ccc(N)c(S(=O)(=O)O)c1. The Bertz CT molecular complexity index is 528. The maximum atomic E-state index is 11.1. The molecule has 0 saturated heterocycles. The molecule has 0 spiro atoms. The smallest absolute Gasteiger partial charge is 0.296 e. The number of rotatable bonds is 10. The predicted molar refractivity (Wildman–Crippen MR) is 84.2 cm³/mol. The van der Waals surface area contributed by atoms with Crippen LogP contribution in [0.5, 0.6) is 5.75 Å². The fraction of sp³-hybridized carbons (Fsp3) is 0.600. The summed E-state index contributed by atoms with van der Waals surface area (Å²) in [5.74, 6) is 0.405. The molecular weight excluding hydrogens is 290 g/mol. The van der Waals surface area contributed by atoms with E-state index in [9.17, 15) is 8.42 Å². The first-order valence-corrected chi connectivity index (χ1v) is 8.89. The minimum Gasteiger partial charge on any atom is -0.494 e. The summed E-state index contributed by atoms with van der Waals surface area (Å²) >= 11 is 0. The number of nitrogen functional groups attached to an aromatic ring is 1. The van der Waals surface area contributed by atoms with Gasteiger partial charge in [0.25, 0.3) is 10.1 Å². The van der Waals surface area contributed by atoms with Crippen LogP contribution in [0.3, 0.4) is 0 Å². The molecule has 0 heterocycles. The van der Waals surface area contributed by atoms with E-state index in [-0.39, 0.29) is 10.6 Å². The second kappa shape index (κ2) is 8.89. The number of nitrogens with two attached hydrogens (primary N) is 1. The minimum atomic E-state index is -4.31. The molecular formula is C15H25NO4S. The molecule has 0 unspecified atom stereocenters. The Hall–Kier alpha value is -1.27. The molecule has 0 aromatic heterocycles. The van der Waals surface area contributed by atoms with E-state index in [4.69, 9.17) is 15.0 Å². The van der Waals surface area contributed by atoms with Gasteiger partial charge in [0.2, 0.25) is 0 Å². The lowest BCUT2D eigenvalue weighted by molar-refractivity contribution is 0.303. The molecule has 1 aromatic carbocycles. The Morgan fingerprint density at radius 3 is 2.33 bits per heavy atom. The van der Waals surface area contributed by atoms with E-state index < -0.39 is 10.1 Å². The third kappa shape index (κ3) is 6.82. The van der Waals surface area contributed by atoms with Gasteiger partial charge < -0.3 is 10.5 Å². The van der Waals surface area contributed by atoms with E-state index in [1.54, 1.807) is 6.07 Å². The summed E-state index contributed by atoms with van der Waals surface area (Å²) in [4.78, 5) is -0.306. The molecule has 0 saturated carbocycles. The molecule has 6 heteroatoms. The highest BCUT2D eigenvalue weighted by Gasteiger charge is 2.14. The third-order valence-electron chi connectivity index (χ3n) is 3.28. The number of unbranched alkanes of at least 4 members (excludes halogenated alkanes) is 6. The first kappa shape index (κ1) is 17.8. The van der Waals surface area contributed by atoms with Crippen LogP contribution < -0.4 is 10.5 Å². The molecule has 0 aliphatic carbocycles. The monoisotopic (exact) mass is 315 g/mol. The Morgan fingerprint density at radius 1 is 1.10 bits per heavy atom. The van der Waals surface area contributed by atoms with Crippen LogP contribution in [0.4, 0.5) is 5.69 Å². The van der Waals surface area contributed by atoms with E-state index in [0.717, 1.165) is 12.8 Å². The van der Waals surface area contributed by atoms with Crippen molar-refractivity contribution in [3.05, 3.63) is 18.2 Å². The third-order valence-corrected chi connectivity index (χ3v) is 4.19. The van der Waals surface area contributed by atoms with Crippen LogP contribution in [0.25, 0.3) is 0 Å². The van der Waals surface area contributed by atoms with Crippen LogP contribution in [-0.2, 0) is 10.1 Å². The first-order valence-electron chi connectivity index (χ1n) is 7.45. The van der Waals surface area contributed by atoms with E-state index in [1.165, 1.54) is 44.2 Å². The molecule has 1 aromatic rings. The Labute approximate surface area is 127 Å². The van der Waals surface area contributed by atoms with Gasteiger partial charge in [0.1, 0.15) is 10.6 Å². The van der Waals surface area contributed by atoms with Gasteiger partial charge in [0.05, 0.1) is 12.3 Å². The van der Waals surface area contributed by atoms with Gasteiger partial charge in [0.15, 0.2) is 0 Å². The van der Waals surface area contributed by atoms with Crippen molar-refractivity contribution in [3.8, 4) is 5.75 Å². The van der Waals surface area contributed by atoms with E-state index in [0.29, 0.717) is 12.4 Å². The van der Waals surface area contributed by atoms with Gasteiger partial charge in [-0.25, -0.2) is 0 Å². The zero-order chi connectivity index (χ0) is 15.7. The predicted octanol–water partition coefficient (Wildman–Crippen LogP) is 3.64. The summed E-state index contributed by atoms with van der Waals surface area (Å²) in [7, 11) is -4.31. The fourth-order valence-electron chi connectivity index (χ4n) is 2.08. The average Bonchev–Trinajstić information content (AvgIpc) is 2.42. The Morgan fingerprint density at radius 2 is 1.71 bits per heavy atom. The average molecular weight is 315 g/mol. The molecule has 120 valence electrons. The van der Waals surface area contributed by atoms with Gasteiger partial charge in [0, 0.05) is 6.07 Å². The van der Waals surface area contributed by atoms with Crippen molar-refractivity contribution >= 4 is 15.8 Å². The quantitative estimate of drug-likeness (QED) is 0.391. The zero-order valence-corrected chi connectivity index (χ0v) is 13.4. The van der Waals surface area contributed by atoms with Gasteiger partial charge in [-0.2, -0.15) is 8.42 Å². The van der Waals surface area contributed by atoms with E-state index >= 15 is 0 Å². The molecule has 21 heavy (non-hydrogen) atoms. The molecule has 1 rings (SSSR count). The topological polar surface area (TPSA) is 89.6 Å². The summed E-state index contributed by atoms with van der Waals surface area (Å²) in [6.07, 6.45) is 8.30. The Balaban J connectivity index is 2.33. The van der Waals surface area contributed by atoms with Crippen molar-refractivity contribution in [3.63, 3.8) is 0 Å². The molecule has 0 radical (unpaired) electrons. The molecule has 0 aliphatic rings. The highest BCUT2D eigenvalue weighted by molar-refractivity contribution is 7.86. The van der Waals surface area contributed by atoms with Crippen molar-refractivity contribution in [2.24, 2.45) is 0 Å². The van der Waals surface area contributed by atoms with Gasteiger partial charge in [-0.3, -0.25) is 4.55 Å². The van der Waals surface area contributed by atoms with Crippen LogP contribution >= 0.6 is 0 Å². The normalized spacial score (nSPS) is 11.5. The molecule has 3 N–H and O–H groups in total. The summed E-state index contributed by atoms with van der Waals surface area (Å²) < 4.78 is 36.8. The van der Waals surface area contributed by atoms with Crippen LogP contribution in [-0.4, -0.2) is 19.6 Å². The number of hydrogen-bond donors (Lipinski definition) is 2. The van der Waals surface area contributed by atoms with Crippen LogP contribution in [0.2, 0.25) is 0 Å². The highest BCUT2D eigenvalue weighted by atomic mass is 32.2. The lowest BCUT2D eigenvalue weighted by atomic mass is 10.1. The molecule has 5 nitrogen and oxygen atoms in total. The van der Waals surface area contributed by atoms with Crippen LogP contribution in [0, 0.1) is 0 Å². The maximum absolute atomic E-state index is 11.1. The van der Waals surface area contributed by atoms with Gasteiger partial charge >= 0.3 is 0 Å². The second-order valence-corrected chi connectivity index (χ2v) is 6.53. The van der Waals surface area contributed by atoms with Crippen molar-refractivity contribution in [2.45, 2.75) is 56.8 Å². The lowest BCUT2D eigenvalue weighted by Gasteiger charge is -2.09. The largest absolute Gasteiger partial charge is 0.494 e. The zero-order valence-electron chi connectivity index (χ0n) is 12.5. The summed E-state index contributed by atoms with van der Waals surface area (Å²) in [6, 6.07) is 4.28. The number of ether oxygens (including phenoxy) is 1. The molecule has 0 aliphatic heterocycles. The van der Waals surface area contributed by atoms with Crippen LogP contribution in [0.1, 0.15) is 51.9 Å². The lowest BCUT2D eigenvalue weighted by Crippen LogP contribution is -2.04. The fourth-order valence-corrected chi connectivity index (χ4v) is 2.71. The minimum absolute atomic E-state index is 0.0146. The van der Waals surface area contributed by atoms with Crippen molar-refractivity contribution < 1.29 is 17.7 Å². The highest BCUT2D eigenvalue weighted by Crippen LogP contribution is 2.24. The maximum Gasteiger partial charge on any atom is 0.296 e. The van der Waals surface area contributed by atoms with Gasteiger partial charge in [-0.1, -0.05) is 45.4 Å². The second-order valence-electron chi connectivity index (χ2n) is 5.14.